The van der Waals surface area contributed by atoms with Gasteiger partial charge in [-0.05, 0) is 18.2 Å². The summed E-state index contributed by atoms with van der Waals surface area (Å²) in [4.78, 5) is 0. The van der Waals surface area contributed by atoms with Gasteiger partial charge in [0.15, 0.2) is 0 Å². The van der Waals surface area contributed by atoms with Gasteiger partial charge < -0.3 is 5.32 Å². The van der Waals surface area contributed by atoms with Gasteiger partial charge in [-0.1, -0.05) is 42.3 Å². The first-order valence-electron chi connectivity index (χ1n) is 5.86. The third-order valence-electron chi connectivity index (χ3n) is 2.74. The van der Waals surface area contributed by atoms with Gasteiger partial charge in [0, 0.05) is 16.8 Å². The molecule has 2 rings (SSSR count). The maximum atomic E-state index is 13.9. The van der Waals surface area contributed by atoms with Crippen LogP contribution in [-0.2, 0) is 5.92 Å². The van der Waals surface area contributed by atoms with Crippen molar-refractivity contribution in [2.24, 2.45) is 0 Å². The maximum absolute atomic E-state index is 13.9. The Morgan fingerprint density at radius 1 is 1.05 bits per heavy atom. The Bertz CT molecular complexity index is 585. The average molecular weight is 257 g/mol. The number of anilines is 1. The van der Waals surface area contributed by atoms with E-state index >= 15 is 0 Å². The Kier molecular flexibility index (Phi) is 3.82. The smallest absolute Gasteiger partial charge is 0.290 e. The van der Waals surface area contributed by atoms with Gasteiger partial charge in [0.25, 0.3) is 5.92 Å². The van der Waals surface area contributed by atoms with Crippen LogP contribution in [0.1, 0.15) is 11.1 Å². The molecule has 1 nitrogen and oxygen atoms in total. The lowest BCUT2D eigenvalue weighted by atomic mass is 10.1. The van der Waals surface area contributed by atoms with Gasteiger partial charge >= 0.3 is 0 Å². The molecule has 0 atom stereocenters. The van der Waals surface area contributed by atoms with Crippen LogP contribution in [-0.4, -0.2) is 6.54 Å². The fraction of sp³-hybridized carbons (Fsp3) is 0.125. The molecule has 0 amide bonds. The lowest BCUT2D eigenvalue weighted by molar-refractivity contribution is 0.0106. The number of hydrogen-bond acceptors (Lipinski definition) is 1. The van der Waals surface area contributed by atoms with Crippen molar-refractivity contribution in [2.45, 2.75) is 5.92 Å². The molecule has 2 aromatic rings. The van der Waals surface area contributed by atoms with Gasteiger partial charge in [-0.2, -0.15) is 8.78 Å². The van der Waals surface area contributed by atoms with Crippen molar-refractivity contribution in [3.8, 4) is 12.3 Å². The highest BCUT2D eigenvalue weighted by Gasteiger charge is 2.30. The van der Waals surface area contributed by atoms with Crippen molar-refractivity contribution in [3.05, 3.63) is 65.7 Å². The van der Waals surface area contributed by atoms with E-state index in [9.17, 15) is 8.78 Å². The number of halogens is 2. The molecule has 0 bridgehead atoms. The van der Waals surface area contributed by atoms with Crippen molar-refractivity contribution >= 4 is 5.69 Å². The molecule has 0 saturated carbocycles. The number of nitrogens with one attached hydrogen (secondary N) is 1. The normalized spacial score (nSPS) is 10.8. The van der Waals surface area contributed by atoms with Crippen LogP contribution in [0.2, 0.25) is 0 Å². The zero-order valence-corrected chi connectivity index (χ0v) is 10.2. The largest absolute Gasteiger partial charge is 0.379 e. The van der Waals surface area contributed by atoms with E-state index in [2.05, 4.69) is 11.2 Å². The van der Waals surface area contributed by atoms with Crippen molar-refractivity contribution in [2.75, 3.05) is 11.9 Å². The Hall–Kier alpha value is -2.34. The summed E-state index contributed by atoms with van der Waals surface area (Å²) in [6, 6.07) is 14.6. The second-order valence-electron chi connectivity index (χ2n) is 4.15. The fourth-order valence-corrected chi connectivity index (χ4v) is 1.72. The molecule has 0 aliphatic carbocycles. The van der Waals surface area contributed by atoms with Crippen LogP contribution >= 0.6 is 0 Å². The van der Waals surface area contributed by atoms with Crippen LogP contribution in [0.4, 0.5) is 14.5 Å². The summed E-state index contributed by atoms with van der Waals surface area (Å²) in [5.41, 5.74) is 1.25. The summed E-state index contributed by atoms with van der Waals surface area (Å²) < 4.78 is 27.8. The minimum atomic E-state index is -2.92. The molecule has 0 aromatic heterocycles. The average Bonchev–Trinajstić information content (AvgIpc) is 2.46. The van der Waals surface area contributed by atoms with E-state index in [-0.39, 0.29) is 5.56 Å². The van der Waals surface area contributed by atoms with Gasteiger partial charge in [0.05, 0.1) is 6.54 Å². The monoisotopic (exact) mass is 257 g/mol. The Morgan fingerprint density at radius 2 is 1.79 bits per heavy atom. The lowest BCUT2D eigenvalue weighted by Gasteiger charge is -2.18. The molecule has 19 heavy (non-hydrogen) atoms. The molecule has 0 radical (unpaired) electrons. The van der Waals surface area contributed by atoms with Crippen LogP contribution < -0.4 is 5.32 Å². The van der Waals surface area contributed by atoms with E-state index < -0.39 is 12.5 Å². The molecule has 1 N–H and O–H groups in total. The molecule has 0 aliphatic rings. The van der Waals surface area contributed by atoms with Crippen LogP contribution in [0.3, 0.4) is 0 Å². The van der Waals surface area contributed by atoms with E-state index in [1.54, 1.807) is 42.5 Å². The van der Waals surface area contributed by atoms with Crippen molar-refractivity contribution < 1.29 is 8.78 Å². The number of rotatable bonds is 4. The number of hydrogen-bond donors (Lipinski definition) is 1. The number of benzene rings is 2. The third kappa shape index (κ3) is 3.32. The van der Waals surface area contributed by atoms with Crippen LogP contribution in [0, 0.1) is 12.3 Å². The topological polar surface area (TPSA) is 12.0 Å². The van der Waals surface area contributed by atoms with E-state index in [1.807, 2.05) is 0 Å². The summed E-state index contributed by atoms with van der Waals surface area (Å²) in [6.07, 6.45) is 5.27. The summed E-state index contributed by atoms with van der Waals surface area (Å²) in [5.74, 6) is -0.455. The van der Waals surface area contributed by atoms with Crippen LogP contribution in [0.25, 0.3) is 0 Å². The second kappa shape index (κ2) is 5.53. The van der Waals surface area contributed by atoms with Crippen molar-refractivity contribution in [1.82, 2.24) is 0 Å². The Balaban J connectivity index is 2.07. The van der Waals surface area contributed by atoms with Gasteiger partial charge in [0.1, 0.15) is 0 Å². The maximum Gasteiger partial charge on any atom is 0.290 e. The predicted molar refractivity (Wildman–Crippen MR) is 73.2 cm³/mol. The standard InChI is InChI=1S/C16H13F2N/c1-2-13-7-6-10-15(11-13)19-12-16(17,18)14-8-4-3-5-9-14/h1,3-11,19H,12H2. The van der Waals surface area contributed by atoms with E-state index in [0.29, 0.717) is 11.3 Å². The van der Waals surface area contributed by atoms with E-state index in [1.165, 1.54) is 12.1 Å². The molecule has 96 valence electrons. The van der Waals surface area contributed by atoms with Crippen LogP contribution in [0.5, 0.6) is 0 Å². The number of terminal acetylenes is 1. The zero-order valence-electron chi connectivity index (χ0n) is 10.2. The molecule has 0 aliphatic heterocycles. The fourth-order valence-electron chi connectivity index (χ4n) is 1.72. The quantitative estimate of drug-likeness (QED) is 0.820. The molecule has 0 heterocycles. The lowest BCUT2D eigenvalue weighted by Crippen LogP contribution is -2.24. The first kappa shape index (κ1) is 13.1. The molecule has 0 spiro atoms. The molecule has 0 unspecified atom stereocenters. The Morgan fingerprint density at radius 3 is 2.47 bits per heavy atom. The van der Waals surface area contributed by atoms with Crippen molar-refractivity contribution in [3.63, 3.8) is 0 Å². The highest BCUT2D eigenvalue weighted by atomic mass is 19.3. The first-order chi connectivity index (χ1) is 9.12. The molecule has 0 fully saturated rings. The SMILES string of the molecule is C#Cc1cccc(NCC(F)(F)c2ccccc2)c1. The van der Waals surface area contributed by atoms with E-state index in [4.69, 9.17) is 6.42 Å². The third-order valence-corrected chi connectivity index (χ3v) is 2.74. The highest BCUT2D eigenvalue weighted by molar-refractivity contribution is 5.50. The minimum absolute atomic E-state index is 0.00407. The molecule has 3 heteroatoms. The molecular weight excluding hydrogens is 244 g/mol. The first-order valence-corrected chi connectivity index (χ1v) is 5.86. The van der Waals surface area contributed by atoms with Crippen LogP contribution in [0.15, 0.2) is 54.6 Å². The van der Waals surface area contributed by atoms with E-state index in [0.717, 1.165) is 0 Å². The predicted octanol–water partition coefficient (Wildman–Crippen LogP) is 3.87. The summed E-state index contributed by atoms with van der Waals surface area (Å²) in [5, 5.41) is 2.71. The second-order valence-corrected chi connectivity index (χ2v) is 4.15. The molecular formula is C16H13F2N. The molecule has 2 aromatic carbocycles. The van der Waals surface area contributed by atoms with Gasteiger partial charge in [0.2, 0.25) is 0 Å². The zero-order chi connectivity index (χ0) is 13.7. The summed E-state index contributed by atoms with van der Waals surface area (Å²) in [7, 11) is 0. The number of alkyl halides is 2. The van der Waals surface area contributed by atoms with Gasteiger partial charge in [-0.3, -0.25) is 0 Å². The van der Waals surface area contributed by atoms with Gasteiger partial charge in [-0.25, -0.2) is 0 Å². The minimum Gasteiger partial charge on any atom is -0.379 e. The highest BCUT2D eigenvalue weighted by Crippen LogP contribution is 2.28. The van der Waals surface area contributed by atoms with Crippen molar-refractivity contribution in [1.29, 1.82) is 0 Å². The summed E-state index contributed by atoms with van der Waals surface area (Å²) in [6.45, 7) is -0.467. The molecule has 0 saturated heterocycles. The summed E-state index contributed by atoms with van der Waals surface area (Å²) >= 11 is 0. The van der Waals surface area contributed by atoms with Gasteiger partial charge in [-0.15, -0.1) is 6.42 Å². The Labute approximate surface area is 111 Å².